The minimum atomic E-state index is -5.50. The molecule has 0 saturated heterocycles. The van der Waals surface area contributed by atoms with Gasteiger partial charge in [0.05, 0.1) is 5.56 Å². The third kappa shape index (κ3) is 5.73. The first-order valence-corrected chi connectivity index (χ1v) is 7.20. The summed E-state index contributed by atoms with van der Waals surface area (Å²) in [5.41, 5.74) is 10.0. The summed E-state index contributed by atoms with van der Waals surface area (Å²) in [5.74, 6) is -9.73. The van der Waals surface area contributed by atoms with Gasteiger partial charge in [0, 0.05) is 0 Å². The maximum Gasteiger partial charge on any atom is 0.491 e. The van der Waals surface area contributed by atoms with Crippen LogP contribution in [-0.4, -0.2) is 36.4 Å². The number of alkyl halides is 6. The van der Waals surface area contributed by atoms with Crippen molar-refractivity contribution in [2.75, 3.05) is 0 Å². The van der Waals surface area contributed by atoms with Crippen molar-refractivity contribution in [3.05, 3.63) is 17.7 Å². The van der Waals surface area contributed by atoms with Crippen LogP contribution >= 0.6 is 0 Å². The topological polar surface area (TPSA) is 138 Å². The molecule has 0 aliphatic heterocycles. The first kappa shape index (κ1) is 23.0. The minimum absolute atomic E-state index is 0.00358. The number of halogens is 6. The Kier molecular flexibility index (Phi) is 6.84. The van der Waals surface area contributed by atoms with Crippen LogP contribution in [0.3, 0.4) is 0 Å². The highest BCUT2D eigenvalue weighted by atomic mass is 19.4. The van der Waals surface area contributed by atoms with Crippen LogP contribution in [0.25, 0.3) is 0 Å². The Labute approximate surface area is 152 Å². The van der Waals surface area contributed by atoms with Gasteiger partial charge in [-0.05, 0) is 18.6 Å². The summed E-state index contributed by atoms with van der Waals surface area (Å²) in [7, 11) is 0. The van der Waals surface area contributed by atoms with E-state index in [2.05, 4.69) is 9.47 Å². The van der Waals surface area contributed by atoms with E-state index in [4.69, 9.17) is 21.6 Å². The van der Waals surface area contributed by atoms with Crippen LogP contribution in [0.5, 0.6) is 17.2 Å². The summed E-state index contributed by atoms with van der Waals surface area (Å²) < 4.78 is 88.1. The number of nitrogens with one attached hydrogen (secondary N) is 1. The average Bonchev–Trinajstić information content (AvgIpc) is 2.55. The molecule has 156 valence electrons. The number of hydrogen-bond acceptors (Lipinski definition) is 7. The molecule has 0 aromatic heterocycles. The van der Waals surface area contributed by atoms with Gasteiger partial charge in [0.2, 0.25) is 5.75 Å². The minimum Gasteiger partial charge on any atom is -0.468 e. The van der Waals surface area contributed by atoms with Gasteiger partial charge in [-0.2, -0.15) is 26.3 Å². The molecule has 0 heterocycles. The van der Waals surface area contributed by atoms with Crippen molar-refractivity contribution in [2.45, 2.75) is 31.9 Å². The quantitative estimate of drug-likeness (QED) is 0.161. The standard InChI is InChI=1S/C14H13F6N3O5/c1-2-7(21)27-9-6(26-11(24)13(15,16)17)4-3-5(10(22)23)8(9)28-12(25)14(18,19)20/h3-4,7H,2,21H2,1H3,(H3,22,23). The van der Waals surface area contributed by atoms with Crippen LogP contribution in [0.4, 0.5) is 26.3 Å². The summed E-state index contributed by atoms with van der Waals surface area (Å²) in [4.78, 5) is 22.2. The van der Waals surface area contributed by atoms with Gasteiger partial charge in [0.1, 0.15) is 12.1 Å². The molecule has 1 unspecified atom stereocenters. The fourth-order valence-corrected chi connectivity index (χ4v) is 1.59. The normalized spacial score (nSPS) is 12.9. The molecule has 0 spiro atoms. The second-order valence-corrected chi connectivity index (χ2v) is 5.02. The van der Waals surface area contributed by atoms with Crippen LogP contribution in [0.15, 0.2) is 12.1 Å². The van der Waals surface area contributed by atoms with Gasteiger partial charge in [-0.25, -0.2) is 9.59 Å². The SMILES string of the molecule is CCC(N)Oc1c(OC(=O)C(F)(F)F)ccc(C(=N)N)c1OC(=O)C(F)(F)F. The van der Waals surface area contributed by atoms with Crippen molar-refractivity contribution < 1.29 is 50.1 Å². The zero-order chi connectivity index (χ0) is 21.9. The average molecular weight is 417 g/mol. The lowest BCUT2D eigenvalue weighted by Crippen LogP contribution is -2.32. The van der Waals surface area contributed by atoms with Crippen molar-refractivity contribution in [3.63, 3.8) is 0 Å². The van der Waals surface area contributed by atoms with E-state index in [-0.39, 0.29) is 6.42 Å². The van der Waals surface area contributed by atoms with Crippen LogP contribution in [0.2, 0.25) is 0 Å². The summed E-state index contributed by atoms with van der Waals surface area (Å²) in [6.45, 7) is 1.45. The van der Waals surface area contributed by atoms with E-state index in [0.29, 0.717) is 12.1 Å². The smallest absolute Gasteiger partial charge is 0.468 e. The monoisotopic (exact) mass is 417 g/mol. The first-order valence-electron chi connectivity index (χ1n) is 7.20. The lowest BCUT2D eigenvalue weighted by molar-refractivity contribution is -0.190. The lowest BCUT2D eigenvalue weighted by atomic mass is 10.1. The number of nitrogens with two attached hydrogens (primary N) is 2. The molecular weight excluding hydrogens is 404 g/mol. The van der Waals surface area contributed by atoms with E-state index in [1.165, 1.54) is 6.92 Å². The predicted molar refractivity (Wildman–Crippen MR) is 79.7 cm³/mol. The summed E-state index contributed by atoms with van der Waals surface area (Å²) in [6.07, 6.45) is -12.3. The second-order valence-electron chi connectivity index (χ2n) is 5.02. The molecule has 0 bridgehead atoms. The van der Waals surface area contributed by atoms with Crippen molar-refractivity contribution in [1.29, 1.82) is 5.41 Å². The fourth-order valence-electron chi connectivity index (χ4n) is 1.59. The molecule has 8 nitrogen and oxygen atoms in total. The molecule has 14 heteroatoms. The lowest BCUT2D eigenvalue weighted by Gasteiger charge is -2.21. The molecule has 1 aromatic rings. The van der Waals surface area contributed by atoms with E-state index in [0.717, 1.165) is 0 Å². The number of esters is 2. The molecule has 0 radical (unpaired) electrons. The van der Waals surface area contributed by atoms with E-state index in [1.54, 1.807) is 0 Å². The van der Waals surface area contributed by atoms with Gasteiger partial charge in [0.25, 0.3) is 0 Å². The molecule has 1 atom stereocenters. The molecule has 1 rings (SSSR count). The van der Waals surface area contributed by atoms with Crippen LogP contribution < -0.4 is 25.7 Å². The molecule has 0 aliphatic carbocycles. The third-order valence-corrected chi connectivity index (χ3v) is 2.90. The fraction of sp³-hybridized carbons (Fsp3) is 0.357. The number of ether oxygens (including phenoxy) is 3. The maximum absolute atomic E-state index is 12.5. The number of rotatable bonds is 6. The number of hydrogen-bond donors (Lipinski definition) is 3. The summed E-state index contributed by atoms with van der Waals surface area (Å²) in [5, 5.41) is 7.34. The van der Waals surface area contributed by atoms with E-state index in [9.17, 15) is 35.9 Å². The predicted octanol–water partition coefficient (Wildman–Crippen LogP) is 1.98. The Hall–Kier alpha value is -3.03. The van der Waals surface area contributed by atoms with E-state index in [1.807, 2.05) is 0 Å². The van der Waals surface area contributed by atoms with Crippen molar-refractivity contribution in [2.24, 2.45) is 11.5 Å². The zero-order valence-corrected chi connectivity index (χ0v) is 13.9. The first-order chi connectivity index (χ1) is 12.7. The van der Waals surface area contributed by atoms with E-state index < -0.39 is 59.2 Å². The van der Waals surface area contributed by atoms with Gasteiger partial charge in [-0.15, -0.1) is 0 Å². The molecule has 0 fully saturated rings. The van der Waals surface area contributed by atoms with Gasteiger partial charge >= 0.3 is 24.3 Å². The van der Waals surface area contributed by atoms with Gasteiger partial charge in [-0.1, -0.05) is 6.92 Å². The number of nitrogen functional groups attached to an aromatic ring is 1. The van der Waals surface area contributed by atoms with Crippen LogP contribution in [0.1, 0.15) is 18.9 Å². The number of benzene rings is 1. The summed E-state index contributed by atoms with van der Waals surface area (Å²) >= 11 is 0. The Bertz CT molecular complexity index is 778. The number of amidine groups is 1. The Morgan fingerprint density at radius 3 is 1.96 bits per heavy atom. The van der Waals surface area contributed by atoms with Crippen molar-refractivity contribution >= 4 is 17.8 Å². The zero-order valence-electron chi connectivity index (χ0n) is 13.9. The number of carbonyl (C=O) groups excluding carboxylic acids is 2. The Morgan fingerprint density at radius 1 is 1.04 bits per heavy atom. The molecule has 0 aliphatic rings. The Balaban J connectivity index is 3.60. The van der Waals surface area contributed by atoms with Gasteiger partial charge in [0.15, 0.2) is 11.5 Å². The molecule has 5 N–H and O–H groups in total. The Morgan fingerprint density at radius 2 is 1.54 bits per heavy atom. The molecule has 28 heavy (non-hydrogen) atoms. The van der Waals surface area contributed by atoms with Crippen molar-refractivity contribution in [3.8, 4) is 17.2 Å². The van der Waals surface area contributed by atoms with Gasteiger partial charge < -0.3 is 19.9 Å². The highest BCUT2D eigenvalue weighted by Gasteiger charge is 2.44. The molecular formula is C14H13F6N3O5. The highest BCUT2D eigenvalue weighted by Crippen LogP contribution is 2.42. The maximum atomic E-state index is 12.5. The second kappa shape index (κ2) is 8.33. The molecule has 1 aromatic carbocycles. The van der Waals surface area contributed by atoms with Gasteiger partial charge in [-0.3, -0.25) is 11.1 Å². The van der Waals surface area contributed by atoms with Crippen LogP contribution in [0, 0.1) is 5.41 Å². The summed E-state index contributed by atoms with van der Waals surface area (Å²) in [6, 6.07) is 1.35. The largest absolute Gasteiger partial charge is 0.491 e. The molecule has 0 saturated carbocycles. The third-order valence-electron chi connectivity index (χ3n) is 2.90. The van der Waals surface area contributed by atoms with E-state index >= 15 is 0 Å². The highest BCUT2D eigenvalue weighted by molar-refractivity contribution is 6.00. The molecule has 0 amide bonds. The number of carbonyl (C=O) groups is 2. The van der Waals surface area contributed by atoms with Crippen molar-refractivity contribution in [1.82, 2.24) is 0 Å². The van der Waals surface area contributed by atoms with Crippen LogP contribution in [-0.2, 0) is 9.59 Å².